The summed E-state index contributed by atoms with van der Waals surface area (Å²) in [7, 11) is 2.75. The summed E-state index contributed by atoms with van der Waals surface area (Å²) in [5.41, 5.74) is -0.525. The molecule has 1 aromatic carbocycles. The van der Waals surface area contributed by atoms with E-state index in [0.717, 1.165) is 6.07 Å². The van der Waals surface area contributed by atoms with Crippen LogP contribution >= 0.6 is 11.6 Å². The van der Waals surface area contributed by atoms with Crippen molar-refractivity contribution in [2.75, 3.05) is 26.1 Å². The van der Waals surface area contributed by atoms with Gasteiger partial charge in [0.05, 0.1) is 25.2 Å². The minimum atomic E-state index is -1.14. The van der Waals surface area contributed by atoms with Crippen molar-refractivity contribution < 1.29 is 33.5 Å². The number of anilines is 1. The molecule has 1 atom stereocenters. The first-order valence-electron chi connectivity index (χ1n) is 9.74. The van der Waals surface area contributed by atoms with E-state index in [9.17, 15) is 24.5 Å². The highest BCUT2D eigenvalue weighted by Crippen LogP contribution is 2.25. The molecule has 0 bridgehead atoms. The van der Waals surface area contributed by atoms with Crippen LogP contribution in [0.25, 0.3) is 0 Å². The zero-order chi connectivity index (χ0) is 25.4. The normalized spacial score (nSPS) is 11.4. The zero-order valence-corrected chi connectivity index (χ0v) is 19.4. The van der Waals surface area contributed by atoms with Gasteiger partial charge in [-0.1, -0.05) is 25.4 Å². The quantitative estimate of drug-likeness (QED) is 0.282. The molecule has 13 nitrogen and oxygen atoms in total. The topological polar surface area (TPSA) is 172 Å². The van der Waals surface area contributed by atoms with Crippen molar-refractivity contribution >= 4 is 41.0 Å². The van der Waals surface area contributed by atoms with Crippen molar-refractivity contribution in [2.24, 2.45) is 5.92 Å². The average molecular weight is 496 g/mol. The summed E-state index contributed by atoms with van der Waals surface area (Å²) in [5, 5.41) is 15.7. The smallest absolute Gasteiger partial charge is 0.329 e. The number of nitrogens with one attached hydrogen (secondary N) is 2. The van der Waals surface area contributed by atoms with Gasteiger partial charge >= 0.3 is 5.97 Å². The first kappa shape index (κ1) is 26.3. The lowest BCUT2D eigenvalue weighted by Gasteiger charge is -2.20. The molecule has 1 aromatic heterocycles. The maximum absolute atomic E-state index is 12.5. The number of nitro benzene ring substituents is 1. The largest absolute Gasteiger partial charge is 0.481 e. The number of halogens is 1. The van der Waals surface area contributed by atoms with Gasteiger partial charge in [-0.2, -0.15) is 9.97 Å². The molecule has 1 heterocycles. The molecule has 0 saturated carbocycles. The Morgan fingerprint density at radius 1 is 1.12 bits per heavy atom. The first-order chi connectivity index (χ1) is 16.0. The van der Waals surface area contributed by atoms with E-state index in [1.54, 1.807) is 13.8 Å². The standard InChI is InChI=1S/C20H22ClN5O8/c1-10(2)17(25-18(28)11-5-6-12(21)13(7-11)26(30)31)19(29)34-9-14(27)22-20-23-15(32-3)8-16(24-20)33-4/h5-8,10,17H,9H2,1-4H3,(H,25,28)(H,22,23,24,27)/t17-/m0/s1. The van der Waals surface area contributed by atoms with Crippen LogP contribution < -0.4 is 20.1 Å². The summed E-state index contributed by atoms with van der Waals surface area (Å²) in [5.74, 6) is -2.65. The van der Waals surface area contributed by atoms with Crippen molar-refractivity contribution in [3.05, 3.63) is 45.0 Å². The first-order valence-corrected chi connectivity index (χ1v) is 10.1. The SMILES string of the molecule is COc1cc(OC)nc(NC(=O)COC(=O)[C@@H](NC(=O)c2ccc(Cl)c([N+](=O)[O-])c2)C(C)C)n1. The molecule has 2 amide bonds. The van der Waals surface area contributed by atoms with Crippen LogP contribution in [0.3, 0.4) is 0 Å². The predicted molar refractivity (Wildman–Crippen MR) is 119 cm³/mol. The lowest BCUT2D eigenvalue weighted by atomic mass is 10.0. The Morgan fingerprint density at radius 2 is 1.74 bits per heavy atom. The molecule has 0 saturated heterocycles. The summed E-state index contributed by atoms with van der Waals surface area (Å²) >= 11 is 5.76. The number of esters is 1. The summed E-state index contributed by atoms with van der Waals surface area (Å²) in [6, 6.07) is 3.75. The van der Waals surface area contributed by atoms with Gasteiger partial charge in [0.2, 0.25) is 17.7 Å². The molecule has 0 spiro atoms. The lowest BCUT2D eigenvalue weighted by Crippen LogP contribution is -2.46. The maximum atomic E-state index is 12.5. The number of benzene rings is 1. The molecule has 0 radical (unpaired) electrons. The van der Waals surface area contributed by atoms with Crippen LogP contribution in [0.1, 0.15) is 24.2 Å². The third kappa shape index (κ3) is 7.00. The number of nitrogens with zero attached hydrogens (tertiary/aromatic N) is 3. The van der Waals surface area contributed by atoms with E-state index in [-0.39, 0.29) is 28.3 Å². The van der Waals surface area contributed by atoms with E-state index >= 15 is 0 Å². The number of carbonyl (C=O) groups excluding carboxylic acids is 3. The second-order valence-corrected chi connectivity index (χ2v) is 7.46. The van der Waals surface area contributed by atoms with Crippen molar-refractivity contribution in [2.45, 2.75) is 19.9 Å². The number of carbonyl (C=O) groups is 3. The molecule has 0 aliphatic heterocycles. The summed E-state index contributed by atoms with van der Waals surface area (Å²) in [4.78, 5) is 55.4. The fourth-order valence-electron chi connectivity index (χ4n) is 2.57. The number of methoxy groups -OCH3 is 2. The van der Waals surface area contributed by atoms with Gasteiger partial charge in [-0.25, -0.2) is 4.79 Å². The number of hydrogen-bond acceptors (Lipinski definition) is 10. The highest BCUT2D eigenvalue weighted by Gasteiger charge is 2.28. The number of ether oxygens (including phenoxy) is 3. The van der Waals surface area contributed by atoms with E-state index in [1.165, 1.54) is 32.4 Å². The van der Waals surface area contributed by atoms with Gasteiger partial charge in [0.25, 0.3) is 17.5 Å². The minimum Gasteiger partial charge on any atom is -0.481 e. The predicted octanol–water partition coefficient (Wildman–Crippen LogP) is 1.99. The number of hydrogen-bond donors (Lipinski definition) is 2. The number of rotatable bonds is 10. The van der Waals surface area contributed by atoms with Gasteiger partial charge in [-0.05, 0) is 18.1 Å². The Morgan fingerprint density at radius 3 is 2.26 bits per heavy atom. The monoisotopic (exact) mass is 495 g/mol. The van der Waals surface area contributed by atoms with Gasteiger partial charge in [-0.15, -0.1) is 0 Å². The molecular formula is C20H22ClN5O8. The molecule has 2 N–H and O–H groups in total. The number of aromatic nitrogens is 2. The minimum absolute atomic E-state index is 0.0728. The molecule has 2 rings (SSSR count). The Balaban J connectivity index is 2.02. The third-order valence-electron chi connectivity index (χ3n) is 4.31. The van der Waals surface area contributed by atoms with E-state index in [4.69, 9.17) is 25.8 Å². The fourth-order valence-corrected chi connectivity index (χ4v) is 2.76. The van der Waals surface area contributed by atoms with Gasteiger partial charge in [-0.3, -0.25) is 25.0 Å². The highest BCUT2D eigenvalue weighted by molar-refractivity contribution is 6.32. The zero-order valence-electron chi connectivity index (χ0n) is 18.7. The van der Waals surface area contributed by atoms with Crippen LogP contribution in [0, 0.1) is 16.0 Å². The van der Waals surface area contributed by atoms with Crippen LogP contribution in [-0.4, -0.2) is 59.5 Å². The number of amides is 2. The van der Waals surface area contributed by atoms with Crippen LogP contribution in [0.15, 0.2) is 24.3 Å². The Labute approximate surface area is 198 Å². The number of nitro groups is 1. The van der Waals surface area contributed by atoms with Crippen molar-refractivity contribution in [3.63, 3.8) is 0 Å². The fraction of sp³-hybridized carbons (Fsp3) is 0.350. The van der Waals surface area contributed by atoms with E-state index in [0.29, 0.717) is 0 Å². The summed E-state index contributed by atoms with van der Waals surface area (Å²) in [6.45, 7) is 2.60. The molecule has 34 heavy (non-hydrogen) atoms. The van der Waals surface area contributed by atoms with Crippen molar-refractivity contribution in [1.29, 1.82) is 0 Å². The Kier molecular flexibility index (Phi) is 9.07. The molecule has 0 aliphatic rings. The molecule has 0 aliphatic carbocycles. The molecule has 0 fully saturated rings. The summed E-state index contributed by atoms with van der Waals surface area (Å²) < 4.78 is 15.0. The van der Waals surface area contributed by atoms with E-state index < -0.39 is 47.0 Å². The molecule has 0 unspecified atom stereocenters. The van der Waals surface area contributed by atoms with Gasteiger partial charge in [0.1, 0.15) is 11.1 Å². The van der Waals surface area contributed by atoms with Gasteiger partial charge in [0.15, 0.2) is 6.61 Å². The maximum Gasteiger partial charge on any atom is 0.329 e. The Hall–Kier alpha value is -4.00. The van der Waals surface area contributed by atoms with Crippen molar-refractivity contribution in [3.8, 4) is 11.8 Å². The highest BCUT2D eigenvalue weighted by atomic mass is 35.5. The second kappa shape index (κ2) is 11.7. The third-order valence-corrected chi connectivity index (χ3v) is 4.63. The summed E-state index contributed by atoms with van der Waals surface area (Å²) in [6.07, 6.45) is 0. The van der Waals surface area contributed by atoms with Crippen LogP contribution in [-0.2, 0) is 14.3 Å². The van der Waals surface area contributed by atoms with E-state index in [2.05, 4.69) is 20.6 Å². The molecule has 2 aromatic rings. The van der Waals surface area contributed by atoms with Crippen LogP contribution in [0.2, 0.25) is 5.02 Å². The van der Waals surface area contributed by atoms with E-state index in [1.807, 2.05) is 0 Å². The lowest BCUT2D eigenvalue weighted by molar-refractivity contribution is -0.384. The second-order valence-electron chi connectivity index (χ2n) is 7.05. The molecule has 14 heteroatoms. The van der Waals surface area contributed by atoms with Crippen LogP contribution in [0.4, 0.5) is 11.6 Å². The molecule has 182 valence electrons. The van der Waals surface area contributed by atoms with Gasteiger partial charge < -0.3 is 19.5 Å². The molecular weight excluding hydrogens is 474 g/mol. The Bertz CT molecular complexity index is 1070. The average Bonchev–Trinajstić information content (AvgIpc) is 2.80. The van der Waals surface area contributed by atoms with Gasteiger partial charge in [0, 0.05) is 11.6 Å². The van der Waals surface area contributed by atoms with Crippen molar-refractivity contribution in [1.82, 2.24) is 15.3 Å². The van der Waals surface area contributed by atoms with Crippen LogP contribution in [0.5, 0.6) is 11.8 Å².